The molecule has 0 saturated heterocycles. The minimum atomic E-state index is -0.599. The second kappa shape index (κ2) is 8.90. The second-order valence-corrected chi connectivity index (χ2v) is 6.17. The number of anilines is 2. The van der Waals surface area contributed by atoms with Crippen LogP contribution in [-0.2, 0) is 19.1 Å². The number of hydrogen-bond acceptors (Lipinski definition) is 6. The van der Waals surface area contributed by atoms with Gasteiger partial charge in [-0.05, 0) is 24.3 Å². The molecule has 2 aromatic carbocycles. The van der Waals surface area contributed by atoms with Gasteiger partial charge in [-0.15, -0.1) is 0 Å². The fourth-order valence-corrected chi connectivity index (χ4v) is 3.08. The van der Waals surface area contributed by atoms with E-state index in [0.29, 0.717) is 16.8 Å². The number of carbonyl (C=O) groups is 2. The molecule has 0 aromatic heterocycles. The van der Waals surface area contributed by atoms with E-state index < -0.39 is 18.0 Å². The summed E-state index contributed by atoms with van der Waals surface area (Å²) in [6.45, 7) is 0. The predicted molar refractivity (Wildman–Crippen MR) is 108 cm³/mol. The summed E-state index contributed by atoms with van der Waals surface area (Å²) >= 11 is 0. The molecule has 0 heterocycles. The van der Waals surface area contributed by atoms with E-state index in [1.165, 1.54) is 14.2 Å². The Morgan fingerprint density at radius 3 is 2.00 bits per heavy atom. The van der Waals surface area contributed by atoms with Gasteiger partial charge in [0.15, 0.2) is 0 Å². The third-order valence-electron chi connectivity index (χ3n) is 4.44. The van der Waals surface area contributed by atoms with Crippen LogP contribution < -0.4 is 10.6 Å². The number of nitrogens with one attached hydrogen (secondary N) is 2. The van der Waals surface area contributed by atoms with Crippen molar-refractivity contribution in [2.24, 2.45) is 0 Å². The van der Waals surface area contributed by atoms with Crippen LogP contribution in [0.1, 0.15) is 6.42 Å². The SMILES string of the molecule is COC(=O)C1=CCC(C(=O)OC)=C(Nc2ccccc2)C1Nc1ccccc1. The lowest BCUT2D eigenvalue weighted by Gasteiger charge is -2.30. The Morgan fingerprint density at radius 2 is 1.43 bits per heavy atom. The maximum absolute atomic E-state index is 12.4. The first-order valence-electron chi connectivity index (χ1n) is 8.87. The number of ether oxygens (including phenoxy) is 2. The zero-order valence-electron chi connectivity index (χ0n) is 15.8. The van der Waals surface area contributed by atoms with E-state index in [2.05, 4.69) is 10.6 Å². The molecule has 0 aliphatic heterocycles. The Bertz CT molecular complexity index is 905. The van der Waals surface area contributed by atoms with Gasteiger partial charge in [-0.25, -0.2) is 9.59 Å². The molecular formula is C22H22N2O4. The molecule has 0 saturated carbocycles. The topological polar surface area (TPSA) is 76.7 Å². The summed E-state index contributed by atoms with van der Waals surface area (Å²) in [5, 5.41) is 6.62. The molecule has 0 spiro atoms. The molecule has 0 bridgehead atoms. The number of para-hydroxylation sites is 2. The maximum atomic E-state index is 12.4. The van der Waals surface area contributed by atoms with E-state index in [1.54, 1.807) is 6.08 Å². The van der Waals surface area contributed by atoms with Crippen molar-refractivity contribution >= 4 is 23.3 Å². The van der Waals surface area contributed by atoms with E-state index in [0.717, 1.165) is 11.4 Å². The first-order chi connectivity index (χ1) is 13.6. The molecule has 1 unspecified atom stereocenters. The molecule has 1 atom stereocenters. The van der Waals surface area contributed by atoms with Crippen LogP contribution in [-0.4, -0.2) is 32.2 Å². The Hall–Kier alpha value is -3.54. The molecule has 0 amide bonds. The van der Waals surface area contributed by atoms with Crippen molar-refractivity contribution < 1.29 is 19.1 Å². The highest BCUT2D eigenvalue weighted by Gasteiger charge is 2.33. The number of hydrogen-bond donors (Lipinski definition) is 2. The van der Waals surface area contributed by atoms with Crippen molar-refractivity contribution in [3.8, 4) is 0 Å². The Labute approximate surface area is 163 Å². The van der Waals surface area contributed by atoms with Crippen LogP contribution in [0.5, 0.6) is 0 Å². The Morgan fingerprint density at radius 1 is 0.857 bits per heavy atom. The summed E-state index contributed by atoms with van der Waals surface area (Å²) in [6.07, 6.45) is 1.97. The lowest BCUT2D eigenvalue weighted by molar-refractivity contribution is -0.137. The number of esters is 2. The zero-order chi connectivity index (χ0) is 19.9. The molecule has 2 aromatic rings. The monoisotopic (exact) mass is 378 g/mol. The average molecular weight is 378 g/mol. The second-order valence-electron chi connectivity index (χ2n) is 6.17. The molecule has 3 rings (SSSR count). The van der Waals surface area contributed by atoms with Crippen LogP contribution in [0.15, 0.2) is 83.6 Å². The molecule has 1 aliphatic carbocycles. The smallest absolute Gasteiger partial charge is 0.335 e. The van der Waals surface area contributed by atoms with Crippen LogP contribution in [0, 0.1) is 0 Å². The third-order valence-corrected chi connectivity index (χ3v) is 4.44. The molecule has 1 aliphatic rings. The minimum absolute atomic E-state index is 0.263. The fourth-order valence-electron chi connectivity index (χ4n) is 3.08. The quantitative estimate of drug-likeness (QED) is 0.749. The Balaban J connectivity index is 2.06. The molecule has 6 nitrogen and oxygen atoms in total. The lowest BCUT2D eigenvalue weighted by atomic mass is 9.90. The predicted octanol–water partition coefficient (Wildman–Crippen LogP) is 3.51. The number of benzene rings is 2. The van der Waals surface area contributed by atoms with Crippen LogP contribution in [0.2, 0.25) is 0 Å². The van der Waals surface area contributed by atoms with E-state index in [4.69, 9.17) is 9.47 Å². The third kappa shape index (κ3) is 4.23. The van der Waals surface area contributed by atoms with Gasteiger partial charge >= 0.3 is 11.9 Å². The van der Waals surface area contributed by atoms with Crippen LogP contribution in [0.4, 0.5) is 11.4 Å². The van der Waals surface area contributed by atoms with E-state index >= 15 is 0 Å². The summed E-state index contributed by atoms with van der Waals surface area (Å²) in [4.78, 5) is 24.8. The summed E-state index contributed by atoms with van der Waals surface area (Å²) < 4.78 is 9.93. The van der Waals surface area contributed by atoms with Gasteiger partial charge < -0.3 is 20.1 Å². The maximum Gasteiger partial charge on any atom is 0.335 e. The number of methoxy groups -OCH3 is 2. The summed E-state index contributed by atoms with van der Waals surface area (Å²) in [6, 6.07) is 18.3. The molecular weight excluding hydrogens is 356 g/mol. The van der Waals surface area contributed by atoms with Gasteiger partial charge in [0.1, 0.15) is 0 Å². The van der Waals surface area contributed by atoms with E-state index in [-0.39, 0.29) is 6.42 Å². The molecule has 2 N–H and O–H groups in total. The van der Waals surface area contributed by atoms with Gasteiger partial charge in [0.25, 0.3) is 0 Å². The fraction of sp³-hybridized carbons (Fsp3) is 0.182. The zero-order valence-corrected chi connectivity index (χ0v) is 15.8. The van der Waals surface area contributed by atoms with Gasteiger partial charge in [-0.2, -0.15) is 0 Å². The van der Waals surface area contributed by atoms with E-state index in [9.17, 15) is 9.59 Å². The normalized spacial score (nSPS) is 16.1. The van der Waals surface area contributed by atoms with Gasteiger partial charge in [0.05, 0.1) is 37.1 Å². The van der Waals surface area contributed by atoms with Gasteiger partial charge in [-0.1, -0.05) is 42.5 Å². The lowest BCUT2D eigenvalue weighted by Crippen LogP contribution is -2.36. The molecule has 0 fully saturated rings. The first-order valence-corrected chi connectivity index (χ1v) is 8.87. The number of rotatable bonds is 6. The van der Waals surface area contributed by atoms with Crippen molar-refractivity contribution in [3.63, 3.8) is 0 Å². The van der Waals surface area contributed by atoms with Crippen molar-refractivity contribution in [2.75, 3.05) is 24.9 Å². The molecule has 0 radical (unpaired) electrons. The van der Waals surface area contributed by atoms with Gasteiger partial charge in [-0.3, -0.25) is 0 Å². The highest BCUT2D eigenvalue weighted by molar-refractivity contribution is 5.97. The minimum Gasteiger partial charge on any atom is -0.466 e. The van der Waals surface area contributed by atoms with Crippen molar-refractivity contribution in [3.05, 3.63) is 83.6 Å². The molecule has 28 heavy (non-hydrogen) atoms. The highest BCUT2D eigenvalue weighted by atomic mass is 16.5. The van der Waals surface area contributed by atoms with Crippen LogP contribution >= 0.6 is 0 Å². The van der Waals surface area contributed by atoms with Crippen molar-refractivity contribution in [1.29, 1.82) is 0 Å². The van der Waals surface area contributed by atoms with Crippen LogP contribution in [0.25, 0.3) is 0 Å². The van der Waals surface area contributed by atoms with Crippen molar-refractivity contribution in [2.45, 2.75) is 12.5 Å². The van der Waals surface area contributed by atoms with Crippen molar-refractivity contribution in [1.82, 2.24) is 0 Å². The highest BCUT2D eigenvalue weighted by Crippen LogP contribution is 2.30. The summed E-state index contributed by atoms with van der Waals surface area (Å²) in [7, 11) is 2.68. The average Bonchev–Trinajstić information content (AvgIpc) is 2.75. The largest absolute Gasteiger partial charge is 0.466 e. The van der Waals surface area contributed by atoms with Crippen LogP contribution in [0.3, 0.4) is 0 Å². The van der Waals surface area contributed by atoms with Gasteiger partial charge in [0, 0.05) is 17.8 Å². The summed E-state index contributed by atoms with van der Waals surface area (Å²) in [5.74, 6) is -0.900. The molecule has 144 valence electrons. The number of allylic oxidation sites excluding steroid dienone is 1. The number of carbonyl (C=O) groups excluding carboxylic acids is 2. The van der Waals surface area contributed by atoms with E-state index in [1.807, 2.05) is 60.7 Å². The first kappa shape index (κ1) is 19.2. The Kier molecular flexibility index (Phi) is 6.11. The van der Waals surface area contributed by atoms with Gasteiger partial charge in [0.2, 0.25) is 0 Å². The summed E-state index contributed by atoms with van der Waals surface area (Å²) in [5.41, 5.74) is 3.04. The standard InChI is InChI=1S/C22H22N2O4/c1-27-21(25)17-13-14-18(22(26)28-2)20(24-16-11-7-4-8-12-16)19(17)23-15-9-5-3-6-10-15/h3-13,19,23-24H,14H2,1-2H3. The molecule has 6 heteroatoms.